The molecular weight excluding hydrogens is 321 g/mol. The van der Waals surface area contributed by atoms with E-state index in [2.05, 4.69) is 10.5 Å². The molecular formula is C16H9F3N4O. The number of nitriles is 2. The van der Waals surface area contributed by atoms with Crippen LogP contribution in [0.15, 0.2) is 53.6 Å². The Labute approximate surface area is 135 Å². The molecule has 0 saturated carbocycles. The maximum Gasteiger partial charge on any atom is 0.416 e. The van der Waals surface area contributed by atoms with E-state index >= 15 is 0 Å². The second kappa shape index (κ2) is 7.16. The highest BCUT2D eigenvalue weighted by atomic mass is 19.4. The average molecular weight is 330 g/mol. The zero-order chi connectivity index (χ0) is 17.6. The van der Waals surface area contributed by atoms with Gasteiger partial charge in [-0.2, -0.15) is 28.8 Å². The Morgan fingerprint density at radius 2 is 1.67 bits per heavy atom. The maximum atomic E-state index is 12.6. The van der Waals surface area contributed by atoms with E-state index in [0.29, 0.717) is 11.4 Å². The third kappa shape index (κ3) is 4.49. The van der Waals surface area contributed by atoms with Crippen LogP contribution in [0.5, 0.6) is 11.5 Å². The fraction of sp³-hybridized carbons (Fsp3) is 0.0625. The zero-order valence-corrected chi connectivity index (χ0v) is 12.0. The van der Waals surface area contributed by atoms with E-state index in [-0.39, 0.29) is 11.5 Å². The number of rotatable bonds is 4. The van der Waals surface area contributed by atoms with Gasteiger partial charge in [0.25, 0.3) is 0 Å². The molecule has 2 aromatic carbocycles. The lowest BCUT2D eigenvalue weighted by atomic mass is 10.2. The SMILES string of the molecule is N#CC(C#N)=NNc1ccc(Oc2cccc(C(F)(F)F)c2)cc1. The van der Waals surface area contributed by atoms with E-state index in [0.717, 1.165) is 12.1 Å². The van der Waals surface area contributed by atoms with Crippen molar-refractivity contribution in [2.75, 3.05) is 5.43 Å². The lowest BCUT2D eigenvalue weighted by Gasteiger charge is -2.10. The number of benzene rings is 2. The summed E-state index contributed by atoms with van der Waals surface area (Å²) >= 11 is 0. The van der Waals surface area contributed by atoms with Crippen LogP contribution in [0.25, 0.3) is 0 Å². The molecule has 2 aromatic rings. The second-order valence-corrected chi connectivity index (χ2v) is 4.45. The molecule has 0 aliphatic rings. The smallest absolute Gasteiger partial charge is 0.416 e. The number of halogens is 3. The fourth-order valence-corrected chi connectivity index (χ4v) is 1.66. The molecule has 120 valence electrons. The van der Waals surface area contributed by atoms with Gasteiger partial charge in [-0.05, 0) is 42.5 Å². The summed E-state index contributed by atoms with van der Waals surface area (Å²) < 4.78 is 43.3. The van der Waals surface area contributed by atoms with Crippen molar-refractivity contribution in [3.05, 3.63) is 54.1 Å². The summed E-state index contributed by atoms with van der Waals surface area (Å²) in [7, 11) is 0. The minimum atomic E-state index is -4.44. The van der Waals surface area contributed by atoms with Crippen LogP contribution in [0.4, 0.5) is 18.9 Å². The molecule has 0 aliphatic heterocycles. The third-order valence-electron chi connectivity index (χ3n) is 2.76. The molecule has 0 saturated heterocycles. The first kappa shape index (κ1) is 16.8. The number of anilines is 1. The molecule has 0 aromatic heterocycles. The van der Waals surface area contributed by atoms with Crippen molar-refractivity contribution in [2.24, 2.45) is 5.10 Å². The predicted octanol–water partition coefficient (Wildman–Crippen LogP) is 4.31. The first-order chi connectivity index (χ1) is 11.4. The normalized spacial score (nSPS) is 10.2. The number of nitrogens with zero attached hydrogens (tertiary/aromatic N) is 3. The monoisotopic (exact) mass is 330 g/mol. The van der Waals surface area contributed by atoms with Gasteiger partial charge < -0.3 is 4.74 Å². The van der Waals surface area contributed by atoms with Gasteiger partial charge in [0.05, 0.1) is 11.3 Å². The van der Waals surface area contributed by atoms with Gasteiger partial charge in [0.1, 0.15) is 23.6 Å². The van der Waals surface area contributed by atoms with Crippen molar-refractivity contribution in [1.29, 1.82) is 10.5 Å². The van der Waals surface area contributed by atoms with Gasteiger partial charge in [-0.3, -0.25) is 5.43 Å². The van der Waals surface area contributed by atoms with Crippen LogP contribution in [-0.2, 0) is 6.18 Å². The molecule has 0 amide bonds. The molecule has 5 nitrogen and oxygen atoms in total. The third-order valence-corrected chi connectivity index (χ3v) is 2.76. The standard InChI is InChI=1S/C16H9F3N4O/c17-16(18,19)11-2-1-3-15(8-11)24-14-6-4-12(5-7-14)22-23-13(9-20)10-21/h1-8,22H. The Morgan fingerprint density at radius 3 is 2.25 bits per heavy atom. The molecule has 0 heterocycles. The Hall–Kier alpha value is -3.52. The van der Waals surface area contributed by atoms with Crippen LogP contribution in [-0.4, -0.2) is 5.71 Å². The fourth-order valence-electron chi connectivity index (χ4n) is 1.66. The summed E-state index contributed by atoms with van der Waals surface area (Å²) in [6, 6.07) is 13.8. The number of ether oxygens (including phenoxy) is 1. The summed E-state index contributed by atoms with van der Waals surface area (Å²) in [5, 5.41) is 20.7. The number of alkyl halides is 3. The number of nitrogens with one attached hydrogen (secondary N) is 1. The summed E-state index contributed by atoms with van der Waals surface area (Å²) in [5.41, 5.74) is 1.85. The first-order valence-corrected chi connectivity index (χ1v) is 6.51. The molecule has 0 bridgehead atoms. The molecule has 0 fully saturated rings. The van der Waals surface area contributed by atoms with Crippen LogP contribution in [0, 0.1) is 22.7 Å². The molecule has 0 unspecified atom stereocenters. The molecule has 1 N–H and O–H groups in total. The topological polar surface area (TPSA) is 81.2 Å². The quantitative estimate of drug-likeness (QED) is 0.669. The van der Waals surface area contributed by atoms with Crippen molar-refractivity contribution in [1.82, 2.24) is 0 Å². The lowest BCUT2D eigenvalue weighted by Crippen LogP contribution is -2.04. The molecule has 8 heteroatoms. The number of hydrogen-bond acceptors (Lipinski definition) is 5. The van der Waals surface area contributed by atoms with Gasteiger partial charge in [0.15, 0.2) is 0 Å². The number of hydrogen-bond donors (Lipinski definition) is 1. The van der Waals surface area contributed by atoms with Gasteiger partial charge in [0.2, 0.25) is 5.71 Å². The van der Waals surface area contributed by atoms with Crippen LogP contribution >= 0.6 is 0 Å². The Morgan fingerprint density at radius 1 is 1.00 bits per heavy atom. The summed E-state index contributed by atoms with van der Waals surface area (Å²) in [6.45, 7) is 0. The minimum absolute atomic E-state index is 0.0554. The van der Waals surface area contributed by atoms with E-state index in [4.69, 9.17) is 15.3 Å². The van der Waals surface area contributed by atoms with E-state index in [1.807, 2.05) is 0 Å². The minimum Gasteiger partial charge on any atom is -0.457 e. The molecule has 24 heavy (non-hydrogen) atoms. The van der Waals surface area contributed by atoms with E-state index < -0.39 is 11.7 Å². The van der Waals surface area contributed by atoms with Crippen LogP contribution in [0.1, 0.15) is 5.56 Å². The average Bonchev–Trinajstić information content (AvgIpc) is 2.57. The second-order valence-electron chi connectivity index (χ2n) is 4.45. The largest absolute Gasteiger partial charge is 0.457 e. The van der Waals surface area contributed by atoms with Crippen molar-refractivity contribution >= 4 is 11.4 Å². The van der Waals surface area contributed by atoms with Crippen molar-refractivity contribution in [3.63, 3.8) is 0 Å². The highest BCUT2D eigenvalue weighted by Crippen LogP contribution is 2.32. The molecule has 0 spiro atoms. The molecule has 0 atom stereocenters. The maximum absolute atomic E-state index is 12.6. The Bertz CT molecular complexity index is 814. The Balaban J connectivity index is 2.09. The van der Waals surface area contributed by atoms with Crippen LogP contribution in [0.3, 0.4) is 0 Å². The van der Waals surface area contributed by atoms with Crippen LogP contribution < -0.4 is 10.2 Å². The van der Waals surface area contributed by atoms with Crippen molar-refractivity contribution in [3.8, 4) is 23.6 Å². The molecule has 2 rings (SSSR count). The molecule has 0 aliphatic carbocycles. The lowest BCUT2D eigenvalue weighted by molar-refractivity contribution is -0.137. The predicted molar refractivity (Wildman–Crippen MR) is 80.2 cm³/mol. The Kier molecular flexibility index (Phi) is 5.03. The van der Waals surface area contributed by atoms with Crippen molar-refractivity contribution in [2.45, 2.75) is 6.18 Å². The summed E-state index contributed by atoms with van der Waals surface area (Å²) in [6.07, 6.45) is -4.44. The van der Waals surface area contributed by atoms with Crippen LogP contribution in [0.2, 0.25) is 0 Å². The summed E-state index contributed by atoms with van der Waals surface area (Å²) in [5.74, 6) is 0.379. The first-order valence-electron chi connectivity index (χ1n) is 6.51. The van der Waals surface area contributed by atoms with Crippen molar-refractivity contribution < 1.29 is 17.9 Å². The van der Waals surface area contributed by atoms with Gasteiger partial charge in [-0.15, -0.1) is 0 Å². The van der Waals surface area contributed by atoms with Gasteiger partial charge in [0, 0.05) is 0 Å². The number of hydrazone groups is 1. The van der Waals surface area contributed by atoms with E-state index in [9.17, 15) is 13.2 Å². The molecule has 0 radical (unpaired) electrons. The van der Waals surface area contributed by atoms with Gasteiger partial charge in [-0.25, -0.2) is 0 Å². The van der Waals surface area contributed by atoms with Gasteiger partial charge in [-0.1, -0.05) is 6.07 Å². The van der Waals surface area contributed by atoms with Gasteiger partial charge >= 0.3 is 6.18 Å². The van der Waals surface area contributed by atoms with E-state index in [1.54, 1.807) is 24.3 Å². The van der Waals surface area contributed by atoms with E-state index in [1.165, 1.54) is 24.3 Å². The summed E-state index contributed by atoms with van der Waals surface area (Å²) in [4.78, 5) is 0. The zero-order valence-electron chi connectivity index (χ0n) is 12.0. The highest BCUT2D eigenvalue weighted by molar-refractivity contribution is 6.10. The highest BCUT2D eigenvalue weighted by Gasteiger charge is 2.30.